The summed E-state index contributed by atoms with van der Waals surface area (Å²) >= 11 is 0. The van der Waals surface area contributed by atoms with Crippen LogP contribution >= 0.6 is 0 Å². The third kappa shape index (κ3) is 8.74. The van der Waals surface area contributed by atoms with Crippen LogP contribution in [-0.4, -0.2) is 116 Å². The van der Waals surface area contributed by atoms with E-state index in [0.717, 1.165) is 22.4 Å². The molecule has 13 nitrogen and oxygen atoms in total. The number of nitrogens with one attached hydrogen (secondary N) is 2. The number of methoxy groups -OCH3 is 1. The average Bonchev–Trinajstić information content (AvgIpc) is 3.15. The van der Waals surface area contributed by atoms with Crippen LogP contribution in [0.3, 0.4) is 0 Å². The van der Waals surface area contributed by atoms with Gasteiger partial charge < -0.3 is 34.9 Å². The van der Waals surface area contributed by atoms with Crippen molar-refractivity contribution in [2.45, 2.75) is 19.1 Å². The van der Waals surface area contributed by atoms with Crippen molar-refractivity contribution in [3.63, 3.8) is 0 Å². The number of anilines is 2. The monoisotopic (exact) mass is 755 g/mol. The normalized spacial score (nSPS) is 15.6. The molecular formula is C40H49N5O8Si. The summed E-state index contributed by atoms with van der Waals surface area (Å²) in [5.74, 6) is -1.01. The molecule has 0 bridgehead atoms. The molecule has 1 unspecified atom stereocenters. The van der Waals surface area contributed by atoms with E-state index in [-0.39, 0.29) is 36.4 Å². The van der Waals surface area contributed by atoms with Crippen molar-refractivity contribution in [1.82, 2.24) is 10.2 Å². The molecule has 0 fully saturated rings. The number of carbonyl (C=O) groups is 2. The summed E-state index contributed by atoms with van der Waals surface area (Å²) in [5, 5.41) is 30.1. The molecule has 1 aliphatic carbocycles. The Bertz CT molecular complexity index is 2010. The lowest BCUT2D eigenvalue weighted by Crippen LogP contribution is -2.50. The summed E-state index contributed by atoms with van der Waals surface area (Å²) in [5.41, 5.74) is 5.14. The van der Waals surface area contributed by atoms with Crippen molar-refractivity contribution < 1.29 is 33.8 Å². The molecular weight excluding hydrogens is 707 g/mol. The van der Waals surface area contributed by atoms with Gasteiger partial charge in [-0.2, -0.15) is 0 Å². The van der Waals surface area contributed by atoms with Gasteiger partial charge in [0, 0.05) is 44.5 Å². The Labute approximate surface area is 317 Å². The minimum atomic E-state index is -2.23. The Morgan fingerprint density at radius 3 is 2.30 bits per heavy atom. The zero-order chi connectivity index (χ0) is 39.2. The zero-order valence-electron chi connectivity index (χ0n) is 31.9. The number of benzene rings is 3. The standard InChI is InChI=1S/C40H49N5O8Si/c1-43(2)27-9-13-31-36(23-27)54(6,7)37-24-28(44(3)4)10-14-32(37)38(31)33-22-26(8-12-30(33)40(47)48)39(46)42-17-19-53-21-20-52-18-16-41-34-15-11-29(51-5)25-35(34)45(49)50/h8-15,22-25,27,41H,16-21H2,1-7H3,(H,42,46)(H,47,48). The maximum atomic E-state index is 13.4. The van der Waals surface area contributed by atoms with Crippen LogP contribution in [0.5, 0.6) is 5.75 Å². The molecule has 0 spiro atoms. The fraction of sp³-hybridized carbons (Fsp3) is 0.350. The largest absolute Gasteiger partial charge is 0.496 e. The van der Waals surface area contributed by atoms with E-state index in [1.165, 1.54) is 29.6 Å². The molecule has 1 atom stereocenters. The number of nitro benzene ring substituents is 1. The molecule has 1 heterocycles. The number of hydrogen-bond donors (Lipinski definition) is 3. The molecule has 1 amide bonds. The third-order valence-corrected chi connectivity index (χ3v) is 13.3. The van der Waals surface area contributed by atoms with E-state index < -0.39 is 19.0 Å². The quantitative estimate of drug-likeness (QED) is 0.0743. The number of fused-ring (bicyclic) bond motifs is 2. The highest BCUT2D eigenvalue weighted by Gasteiger charge is 2.41. The first kappa shape index (κ1) is 39.9. The molecule has 2 aliphatic rings. The van der Waals surface area contributed by atoms with E-state index in [9.17, 15) is 24.8 Å². The van der Waals surface area contributed by atoms with E-state index in [4.69, 9.17) is 14.2 Å². The smallest absolute Gasteiger partial charge is 0.336 e. The lowest BCUT2D eigenvalue weighted by Gasteiger charge is -2.40. The van der Waals surface area contributed by atoms with Gasteiger partial charge in [0.15, 0.2) is 0 Å². The molecule has 286 valence electrons. The highest BCUT2D eigenvalue weighted by Crippen LogP contribution is 2.43. The highest BCUT2D eigenvalue weighted by atomic mass is 28.3. The summed E-state index contributed by atoms with van der Waals surface area (Å²) in [4.78, 5) is 41.2. The maximum absolute atomic E-state index is 13.4. The second kappa shape index (κ2) is 17.2. The van der Waals surface area contributed by atoms with Gasteiger partial charge >= 0.3 is 5.97 Å². The Morgan fingerprint density at radius 1 is 0.926 bits per heavy atom. The van der Waals surface area contributed by atoms with Gasteiger partial charge in [-0.3, -0.25) is 19.8 Å². The molecule has 0 saturated heterocycles. The Morgan fingerprint density at radius 2 is 1.65 bits per heavy atom. The van der Waals surface area contributed by atoms with Crippen LogP contribution in [0.1, 0.15) is 31.8 Å². The highest BCUT2D eigenvalue weighted by molar-refractivity contribution is 6.97. The molecule has 1 aliphatic heterocycles. The van der Waals surface area contributed by atoms with E-state index in [1.807, 2.05) is 28.2 Å². The first-order valence-electron chi connectivity index (χ1n) is 17.8. The number of nitro groups is 1. The summed E-state index contributed by atoms with van der Waals surface area (Å²) in [6.07, 6.45) is 6.57. The molecule has 3 aromatic carbocycles. The van der Waals surface area contributed by atoms with E-state index in [1.54, 1.807) is 24.3 Å². The summed E-state index contributed by atoms with van der Waals surface area (Å²) in [7, 11) is 7.33. The molecule has 5 rings (SSSR count). The average molecular weight is 756 g/mol. The first-order valence-corrected chi connectivity index (χ1v) is 20.8. The molecule has 3 N–H and O–H groups in total. The first-order chi connectivity index (χ1) is 25.7. The van der Waals surface area contributed by atoms with Gasteiger partial charge in [0.25, 0.3) is 11.6 Å². The molecule has 0 saturated carbocycles. The van der Waals surface area contributed by atoms with Gasteiger partial charge in [0.1, 0.15) is 19.5 Å². The fourth-order valence-electron chi connectivity index (χ4n) is 6.75. The van der Waals surface area contributed by atoms with Gasteiger partial charge in [-0.1, -0.05) is 37.4 Å². The van der Waals surface area contributed by atoms with Crippen LogP contribution in [0.25, 0.3) is 5.57 Å². The molecule has 0 radical (unpaired) electrons. The number of nitrogens with zero attached hydrogens (tertiary/aromatic N) is 3. The van der Waals surface area contributed by atoms with E-state index in [0.29, 0.717) is 48.9 Å². The lowest BCUT2D eigenvalue weighted by atomic mass is 9.86. The van der Waals surface area contributed by atoms with Gasteiger partial charge in [-0.05, 0) is 89.2 Å². The molecule has 0 aromatic heterocycles. The minimum absolute atomic E-state index is 0.0824. The Balaban J connectivity index is 1.24. The van der Waals surface area contributed by atoms with Crippen molar-refractivity contribution in [2.24, 2.45) is 0 Å². The van der Waals surface area contributed by atoms with Crippen molar-refractivity contribution >= 4 is 47.8 Å². The predicted molar refractivity (Wildman–Crippen MR) is 214 cm³/mol. The van der Waals surface area contributed by atoms with Crippen LogP contribution < -0.4 is 25.5 Å². The van der Waals surface area contributed by atoms with Gasteiger partial charge in [-0.25, -0.2) is 4.79 Å². The Hall–Kier alpha value is -5.28. The second-order valence-corrected chi connectivity index (χ2v) is 18.4. The maximum Gasteiger partial charge on any atom is 0.336 e. The number of ether oxygens (including phenoxy) is 3. The summed E-state index contributed by atoms with van der Waals surface area (Å²) < 4.78 is 16.3. The molecule has 3 aromatic rings. The van der Waals surface area contributed by atoms with Crippen LogP contribution in [0, 0.1) is 10.1 Å². The fourth-order valence-corrected chi connectivity index (χ4v) is 9.90. The molecule has 14 heteroatoms. The number of aromatic carboxylic acids is 1. The number of likely N-dealkylation sites (N-methyl/N-ethyl adjacent to an activating group) is 1. The van der Waals surface area contributed by atoms with E-state index in [2.05, 4.69) is 70.0 Å². The minimum Gasteiger partial charge on any atom is -0.496 e. The Kier molecular flexibility index (Phi) is 12.7. The lowest BCUT2D eigenvalue weighted by molar-refractivity contribution is -0.384. The van der Waals surface area contributed by atoms with Crippen molar-refractivity contribution in [3.05, 3.63) is 116 Å². The SMILES string of the molecule is COc1ccc(NCCOCCOCCNC(=O)c2ccc(C(=O)O)c(C3=C4C=CC(N(C)C)C=C4[Si](C)(C)c4cc(N(C)C)ccc43)c2)c([N+](=O)[O-])c1. The van der Waals surface area contributed by atoms with Gasteiger partial charge in [0.2, 0.25) is 0 Å². The molecule has 54 heavy (non-hydrogen) atoms. The second-order valence-electron chi connectivity index (χ2n) is 14.0. The number of carboxylic acid groups (broad SMARTS) is 1. The summed E-state index contributed by atoms with van der Waals surface area (Å²) in [6.45, 7) is 6.42. The van der Waals surface area contributed by atoms with Crippen molar-refractivity contribution in [3.8, 4) is 5.75 Å². The number of allylic oxidation sites excluding steroid dienone is 3. The van der Waals surface area contributed by atoms with Crippen LogP contribution in [0.15, 0.2) is 83.6 Å². The number of carboxylic acids is 1. The van der Waals surface area contributed by atoms with Crippen molar-refractivity contribution in [2.75, 3.05) is 85.0 Å². The zero-order valence-corrected chi connectivity index (χ0v) is 32.9. The number of amides is 1. The summed E-state index contributed by atoms with van der Waals surface area (Å²) in [6, 6.07) is 15.8. The third-order valence-electron chi connectivity index (χ3n) is 9.74. The topological polar surface area (TPSA) is 156 Å². The number of hydrogen-bond acceptors (Lipinski definition) is 10. The van der Waals surface area contributed by atoms with Crippen molar-refractivity contribution in [1.29, 1.82) is 0 Å². The van der Waals surface area contributed by atoms with Crippen LogP contribution in [0.2, 0.25) is 13.1 Å². The van der Waals surface area contributed by atoms with Crippen LogP contribution in [-0.2, 0) is 9.47 Å². The van der Waals surface area contributed by atoms with Gasteiger partial charge in [-0.15, -0.1) is 0 Å². The van der Waals surface area contributed by atoms with Crippen LogP contribution in [0.4, 0.5) is 17.1 Å². The van der Waals surface area contributed by atoms with E-state index >= 15 is 0 Å². The predicted octanol–water partition coefficient (Wildman–Crippen LogP) is 4.94. The number of carbonyl (C=O) groups excluding carboxylic acids is 1. The number of rotatable bonds is 17. The van der Waals surface area contributed by atoms with Gasteiger partial charge in [0.05, 0.1) is 50.1 Å².